The molecule has 2 rings (SSSR count). The van der Waals surface area contributed by atoms with E-state index in [4.69, 9.17) is 4.74 Å². The Morgan fingerprint density at radius 1 is 1.69 bits per heavy atom. The second-order valence-corrected chi connectivity index (χ2v) is 4.04. The molecule has 1 saturated heterocycles. The second-order valence-electron chi connectivity index (χ2n) is 4.04. The molecule has 0 bridgehead atoms. The molecule has 2 heterocycles. The lowest BCUT2D eigenvalue weighted by molar-refractivity contribution is -0.146. The Labute approximate surface area is 94.2 Å². The maximum Gasteiger partial charge on any atom is 0.323 e. The number of carbonyl (C=O) groups is 1. The van der Waals surface area contributed by atoms with Crippen molar-refractivity contribution < 1.29 is 9.53 Å². The predicted molar refractivity (Wildman–Crippen MR) is 56.5 cm³/mol. The van der Waals surface area contributed by atoms with Crippen LogP contribution in [0.15, 0.2) is 6.20 Å². The van der Waals surface area contributed by atoms with Crippen molar-refractivity contribution in [3.05, 3.63) is 11.9 Å². The summed E-state index contributed by atoms with van der Waals surface area (Å²) in [6, 6.07) is -0.119. The molecule has 1 fully saturated rings. The Hall–Kier alpha value is -1.43. The van der Waals surface area contributed by atoms with Gasteiger partial charge in [-0.05, 0) is 19.4 Å². The average molecular weight is 224 g/mol. The maximum absolute atomic E-state index is 11.5. The van der Waals surface area contributed by atoms with Crippen molar-refractivity contribution in [3.8, 4) is 0 Å². The number of rotatable bonds is 3. The van der Waals surface area contributed by atoms with Crippen LogP contribution in [0.4, 0.5) is 0 Å². The summed E-state index contributed by atoms with van der Waals surface area (Å²) in [5.41, 5.74) is 0.887. The highest BCUT2D eigenvalue weighted by Gasteiger charge is 2.31. The van der Waals surface area contributed by atoms with E-state index in [-0.39, 0.29) is 12.0 Å². The van der Waals surface area contributed by atoms with Crippen LogP contribution in [0, 0.1) is 0 Å². The third-order valence-electron chi connectivity index (χ3n) is 2.85. The molecule has 0 aromatic carbocycles. The monoisotopic (exact) mass is 224 g/mol. The third kappa shape index (κ3) is 2.21. The van der Waals surface area contributed by atoms with E-state index < -0.39 is 0 Å². The van der Waals surface area contributed by atoms with E-state index in [1.165, 1.54) is 7.11 Å². The van der Waals surface area contributed by atoms with Gasteiger partial charge in [-0.3, -0.25) is 14.4 Å². The van der Waals surface area contributed by atoms with Gasteiger partial charge in [0.15, 0.2) is 0 Å². The molecule has 0 N–H and O–H groups in total. The Morgan fingerprint density at radius 2 is 2.50 bits per heavy atom. The van der Waals surface area contributed by atoms with E-state index in [1.54, 1.807) is 4.68 Å². The maximum atomic E-state index is 11.5. The zero-order chi connectivity index (χ0) is 11.5. The van der Waals surface area contributed by atoms with Crippen molar-refractivity contribution in [1.82, 2.24) is 19.9 Å². The standard InChI is InChI=1S/C10H16N4O2/c1-13-6-8(11-12-13)7-14-5-3-4-9(14)10(15)16-2/h6,9H,3-5,7H2,1-2H3. The van der Waals surface area contributed by atoms with Crippen LogP contribution in [-0.2, 0) is 23.1 Å². The molecule has 6 nitrogen and oxygen atoms in total. The normalized spacial score (nSPS) is 21.2. The topological polar surface area (TPSA) is 60.2 Å². The molecule has 1 aromatic rings. The minimum Gasteiger partial charge on any atom is -0.468 e. The summed E-state index contributed by atoms with van der Waals surface area (Å²) in [6.07, 6.45) is 3.76. The van der Waals surface area contributed by atoms with Gasteiger partial charge in [-0.1, -0.05) is 5.21 Å². The van der Waals surface area contributed by atoms with Crippen LogP contribution in [0.5, 0.6) is 0 Å². The molecular weight excluding hydrogens is 208 g/mol. The quantitative estimate of drug-likeness (QED) is 0.674. The van der Waals surface area contributed by atoms with E-state index in [9.17, 15) is 4.79 Å². The van der Waals surface area contributed by atoms with Crippen LogP contribution in [0.1, 0.15) is 18.5 Å². The number of esters is 1. The molecule has 0 radical (unpaired) electrons. The van der Waals surface area contributed by atoms with Crippen LogP contribution < -0.4 is 0 Å². The number of aryl methyl sites for hydroxylation is 1. The fraction of sp³-hybridized carbons (Fsp3) is 0.700. The molecule has 1 atom stereocenters. The Balaban J connectivity index is 2.01. The molecule has 0 spiro atoms. The molecule has 1 aliphatic rings. The lowest BCUT2D eigenvalue weighted by Gasteiger charge is -2.20. The molecule has 0 amide bonds. The Kier molecular flexibility index (Phi) is 3.19. The number of ether oxygens (including phenoxy) is 1. The zero-order valence-electron chi connectivity index (χ0n) is 9.59. The van der Waals surface area contributed by atoms with E-state index in [2.05, 4.69) is 15.2 Å². The van der Waals surface area contributed by atoms with Gasteiger partial charge in [-0.15, -0.1) is 5.10 Å². The fourth-order valence-electron chi connectivity index (χ4n) is 2.09. The van der Waals surface area contributed by atoms with Crippen molar-refractivity contribution in [1.29, 1.82) is 0 Å². The van der Waals surface area contributed by atoms with Crippen LogP contribution >= 0.6 is 0 Å². The molecule has 1 aliphatic heterocycles. The molecule has 1 unspecified atom stereocenters. The highest BCUT2D eigenvalue weighted by atomic mass is 16.5. The van der Waals surface area contributed by atoms with Crippen LogP contribution in [0.2, 0.25) is 0 Å². The number of nitrogens with zero attached hydrogens (tertiary/aromatic N) is 4. The summed E-state index contributed by atoms with van der Waals surface area (Å²) in [5, 5.41) is 7.89. The first-order chi connectivity index (χ1) is 7.70. The molecule has 88 valence electrons. The van der Waals surface area contributed by atoms with Crippen molar-refractivity contribution >= 4 is 5.97 Å². The largest absolute Gasteiger partial charge is 0.468 e. The van der Waals surface area contributed by atoms with Gasteiger partial charge in [0, 0.05) is 19.8 Å². The smallest absolute Gasteiger partial charge is 0.323 e. The SMILES string of the molecule is COC(=O)C1CCCN1Cc1cn(C)nn1. The van der Waals surface area contributed by atoms with Gasteiger partial charge in [0.2, 0.25) is 0 Å². The van der Waals surface area contributed by atoms with Gasteiger partial charge in [0.1, 0.15) is 6.04 Å². The summed E-state index contributed by atoms with van der Waals surface area (Å²) >= 11 is 0. The molecule has 16 heavy (non-hydrogen) atoms. The van der Waals surface area contributed by atoms with Crippen LogP contribution in [-0.4, -0.2) is 45.6 Å². The first kappa shape index (κ1) is 11.1. The summed E-state index contributed by atoms with van der Waals surface area (Å²) in [6.45, 7) is 1.57. The minimum atomic E-state index is -0.151. The van der Waals surface area contributed by atoms with Gasteiger partial charge in [-0.25, -0.2) is 0 Å². The van der Waals surface area contributed by atoms with Gasteiger partial charge in [0.25, 0.3) is 0 Å². The summed E-state index contributed by atoms with van der Waals surface area (Å²) in [5.74, 6) is -0.151. The van der Waals surface area contributed by atoms with Gasteiger partial charge in [-0.2, -0.15) is 0 Å². The summed E-state index contributed by atoms with van der Waals surface area (Å²) in [4.78, 5) is 13.6. The van der Waals surface area contributed by atoms with Crippen molar-refractivity contribution in [3.63, 3.8) is 0 Å². The van der Waals surface area contributed by atoms with Crippen LogP contribution in [0.3, 0.4) is 0 Å². The lowest BCUT2D eigenvalue weighted by Crippen LogP contribution is -2.36. The Morgan fingerprint density at radius 3 is 3.12 bits per heavy atom. The number of likely N-dealkylation sites (tertiary alicyclic amines) is 1. The van der Waals surface area contributed by atoms with E-state index in [0.29, 0.717) is 6.54 Å². The summed E-state index contributed by atoms with van der Waals surface area (Å²) < 4.78 is 6.45. The third-order valence-corrected chi connectivity index (χ3v) is 2.85. The molecular formula is C10H16N4O2. The molecule has 6 heteroatoms. The number of methoxy groups -OCH3 is 1. The number of hydrogen-bond acceptors (Lipinski definition) is 5. The van der Waals surface area contributed by atoms with Crippen LogP contribution in [0.25, 0.3) is 0 Å². The molecule has 0 saturated carbocycles. The highest BCUT2D eigenvalue weighted by molar-refractivity contribution is 5.75. The predicted octanol–water partition coefficient (Wildman–Crippen LogP) is -0.0475. The van der Waals surface area contributed by atoms with Gasteiger partial charge in [0.05, 0.1) is 12.8 Å². The minimum absolute atomic E-state index is 0.119. The van der Waals surface area contributed by atoms with Gasteiger partial charge < -0.3 is 4.74 Å². The number of hydrogen-bond donors (Lipinski definition) is 0. The summed E-state index contributed by atoms with van der Waals surface area (Å²) in [7, 11) is 3.26. The molecule has 1 aromatic heterocycles. The van der Waals surface area contributed by atoms with Gasteiger partial charge >= 0.3 is 5.97 Å². The van der Waals surface area contributed by atoms with E-state index in [0.717, 1.165) is 25.1 Å². The van der Waals surface area contributed by atoms with Crippen molar-refractivity contribution in [2.45, 2.75) is 25.4 Å². The van der Waals surface area contributed by atoms with E-state index >= 15 is 0 Å². The highest BCUT2D eigenvalue weighted by Crippen LogP contribution is 2.20. The van der Waals surface area contributed by atoms with Crippen molar-refractivity contribution in [2.24, 2.45) is 7.05 Å². The van der Waals surface area contributed by atoms with E-state index in [1.807, 2.05) is 13.2 Å². The second kappa shape index (κ2) is 4.61. The fourth-order valence-corrected chi connectivity index (χ4v) is 2.09. The first-order valence-electron chi connectivity index (χ1n) is 5.38. The average Bonchev–Trinajstić information content (AvgIpc) is 2.87. The van der Waals surface area contributed by atoms with Crippen molar-refractivity contribution in [2.75, 3.05) is 13.7 Å². The zero-order valence-corrected chi connectivity index (χ0v) is 9.59. The lowest BCUT2D eigenvalue weighted by atomic mass is 10.2. The number of aromatic nitrogens is 3. The molecule has 0 aliphatic carbocycles. The Bertz CT molecular complexity index is 377. The first-order valence-corrected chi connectivity index (χ1v) is 5.38. The number of carbonyl (C=O) groups excluding carboxylic acids is 1.